The van der Waals surface area contributed by atoms with Crippen LogP contribution in [0.5, 0.6) is 0 Å². The van der Waals surface area contributed by atoms with Crippen LogP contribution < -0.4 is 0 Å². The highest BCUT2D eigenvalue weighted by Gasteiger charge is 2.39. The first kappa shape index (κ1) is 13.5. The lowest BCUT2D eigenvalue weighted by atomic mass is 10.0. The summed E-state index contributed by atoms with van der Waals surface area (Å²) in [5.41, 5.74) is 2.29. The lowest BCUT2D eigenvalue weighted by molar-refractivity contribution is -0.185. The zero-order valence-electron chi connectivity index (χ0n) is 11.5. The number of likely N-dealkylation sites (tertiary alicyclic amines) is 1. The zero-order valence-corrected chi connectivity index (χ0v) is 13.1. The Labute approximate surface area is 122 Å². The number of piperidine rings is 1. The number of aryl methyl sites for hydroxylation is 2. The molecule has 19 heavy (non-hydrogen) atoms. The predicted molar refractivity (Wildman–Crippen MR) is 74.8 cm³/mol. The van der Waals surface area contributed by atoms with E-state index < -0.39 is 0 Å². The molecule has 1 spiro atoms. The van der Waals surface area contributed by atoms with Gasteiger partial charge in [-0.05, 0) is 22.9 Å². The highest BCUT2D eigenvalue weighted by atomic mass is 79.9. The van der Waals surface area contributed by atoms with E-state index in [1.54, 1.807) is 0 Å². The van der Waals surface area contributed by atoms with Crippen molar-refractivity contribution in [3.05, 3.63) is 15.9 Å². The number of hydrogen-bond acceptors (Lipinski definition) is 4. The second kappa shape index (κ2) is 5.16. The van der Waals surface area contributed by atoms with Crippen molar-refractivity contribution in [2.45, 2.75) is 32.1 Å². The number of ether oxygens (including phenoxy) is 2. The van der Waals surface area contributed by atoms with Gasteiger partial charge in [0, 0.05) is 39.5 Å². The first-order chi connectivity index (χ1) is 9.10. The van der Waals surface area contributed by atoms with Gasteiger partial charge in [-0.2, -0.15) is 5.10 Å². The standard InChI is InChI=1S/C13H20BrN3O2/c1-10-12(14)11(16(2)15-10)9-17-5-3-13(4-6-17)18-7-8-19-13/h3-9H2,1-2H3. The molecule has 106 valence electrons. The lowest BCUT2D eigenvalue weighted by Crippen LogP contribution is -2.44. The molecule has 3 rings (SSSR count). The second-order valence-corrected chi connectivity index (χ2v) is 6.15. The van der Waals surface area contributed by atoms with Crippen LogP contribution in [0, 0.1) is 6.92 Å². The number of halogens is 1. The number of nitrogens with zero attached hydrogens (tertiary/aromatic N) is 3. The van der Waals surface area contributed by atoms with E-state index in [2.05, 4.69) is 25.9 Å². The van der Waals surface area contributed by atoms with Crippen molar-refractivity contribution in [3.8, 4) is 0 Å². The van der Waals surface area contributed by atoms with Crippen LogP contribution in [0.1, 0.15) is 24.2 Å². The van der Waals surface area contributed by atoms with Crippen molar-refractivity contribution in [2.24, 2.45) is 7.05 Å². The Morgan fingerprint density at radius 3 is 2.42 bits per heavy atom. The fraction of sp³-hybridized carbons (Fsp3) is 0.769. The average molecular weight is 330 g/mol. The summed E-state index contributed by atoms with van der Waals surface area (Å²) >= 11 is 3.63. The molecule has 0 N–H and O–H groups in total. The molecule has 0 radical (unpaired) electrons. The van der Waals surface area contributed by atoms with Gasteiger partial charge in [0.2, 0.25) is 0 Å². The van der Waals surface area contributed by atoms with Crippen molar-refractivity contribution in [2.75, 3.05) is 26.3 Å². The van der Waals surface area contributed by atoms with Gasteiger partial charge in [0.25, 0.3) is 0 Å². The maximum Gasteiger partial charge on any atom is 0.170 e. The molecular formula is C13H20BrN3O2. The molecule has 0 atom stereocenters. The van der Waals surface area contributed by atoms with E-state index in [-0.39, 0.29) is 5.79 Å². The molecule has 0 unspecified atom stereocenters. The molecule has 0 bridgehead atoms. The van der Waals surface area contributed by atoms with Crippen LogP contribution >= 0.6 is 15.9 Å². The number of rotatable bonds is 2. The second-order valence-electron chi connectivity index (χ2n) is 5.35. The summed E-state index contributed by atoms with van der Waals surface area (Å²) in [6.45, 7) is 6.46. The van der Waals surface area contributed by atoms with Crippen LogP contribution in [0.4, 0.5) is 0 Å². The van der Waals surface area contributed by atoms with E-state index in [1.165, 1.54) is 5.69 Å². The third-order valence-corrected chi connectivity index (χ3v) is 5.10. The van der Waals surface area contributed by atoms with Gasteiger partial charge < -0.3 is 9.47 Å². The summed E-state index contributed by atoms with van der Waals surface area (Å²) in [5, 5.41) is 4.44. The van der Waals surface area contributed by atoms with Crippen molar-refractivity contribution in [3.63, 3.8) is 0 Å². The molecule has 0 amide bonds. The van der Waals surface area contributed by atoms with Crippen LogP contribution in [0.15, 0.2) is 4.47 Å². The van der Waals surface area contributed by atoms with Crippen molar-refractivity contribution < 1.29 is 9.47 Å². The minimum Gasteiger partial charge on any atom is -0.347 e. The van der Waals surface area contributed by atoms with Gasteiger partial charge in [-0.1, -0.05) is 0 Å². The van der Waals surface area contributed by atoms with E-state index in [9.17, 15) is 0 Å². The largest absolute Gasteiger partial charge is 0.347 e. The fourth-order valence-electron chi connectivity index (χ4n) is 2.90. The quantitative estimate of drug-likeness (QED) is 0.829. The first-order valence-corrected chi connectivity index (χ1v) is 7.57. The Balaban J connectivity index is 1.63. The van der Waals surface area contributed by atoms with E-state index in [0.717, 1.165) is 55.9 Å². The minimum absolute atomic E-state index is 0.282. The summed E-state index contributed by atoms with van der Waals surface area (Å²) in [6, 6.07) is 0. The molecular weight excluding hydrogens is 310 g/mol. The molecule has 6 heteroatoms. The van der Waals surface area contributed by atoms with Gasteiger partial charge in [0.05, 0.1) is 29.1 Å². The van der Waals surface area contributed by atoms with E-state index >= 15 is 0 Å². The smallest absolute Gasteiger partial charge is 0.170 e. The third-order valence-electron chi connectivity index (χ3n) is 4.07. The van der Waals surface area contributed by atoms with E-state index in [0.29, 0.717) is 0 Å². The molecule has 1 aromatic heterocycles. The summed E-state index contributed by atoms with van der Waals surface area (Å²) in [4.78, 5) is 2.44. The molecule has 2 fully saturated rings. The summed E-state index contributed by atoms with van der Waals surface area (Å²) < 4.78 is 14.6. The van der Waals surface area contributed by atoms with E-state index in [1.807, 2.05) is 18.7 Å². The van der Waals surface area contributed by atoms with Gasteiger partial charge in [0.1, 0.15) is 0 Å². The van der Waals surface area contributed by atoms with Crippen LogP contribution in [0.3, 0.4) is 0 Å². The minimum atomic E-state index is -0.282. The van der Waals surface area contributed by atoms with Gasteiger partial charge in [-0.25, -0.2) is 0 Å². The highest BCUT2D eigenvalue weighted by Crippen LogP contribution is 2.32. The van der Waals surface area contributed by atoms with Gasteiger partial charge in [-0.15, -0.1) is 0 Å². The Morgan fingerprint density at radius 2 is 1.89 bits per heavy atom. The van der Waals surface area contributed by atoms with Crippen LogP contribution in [-0.4, -0.2) is 46.8 Å². The molecule has 3 heterocycles. The Morgan fingerprint density at radius 1 is 1.26 bits per heavy atom. The summed E-state index contributed by atoms with van der Waals surface area (Å²) in [6.07, 6.45) is 1.92. The van der Waals surface area contributed by atoms with Gasteiger partial charge >= 0.3 is 0 Å². The van der Waals surface area contributed by atoms with Crippen LogP contribution in [-0.2, 0) is 23.1 Å². The Bertz CT molecular complexity index is 459. The van der Waals surface area contributed by atoms with E-state index in [4.69, 9.17) is 9.47 Å². The monoisotopic (exact) mass is 329 g/mol. The highest BCUT2D eigenvalue weighted by molar-refractivity contribution is 9.10. The first-order valence-electron chi connectivity index (χ1n) is 6.78. The molecule has 5 nitrogen and oxygen atoms in total. The van der Waals surface area contributed by atoms with Gasteiger partial charge in [-0.3, -0.25) is 9.58 Å². The summed E-state index contributed by atoms with van der Waals surface area (Å²) in [7, 11) is 2.00. The Kier molecular flexibility index (Phi) is 3.68. The molecule has 2 aliphatic rings. The molecule has 0 saturated carbocycles. The maximum atomic E-state index is 5.76. The normalized spacial score (nSPS) is 23.3. The predicted octanol–water partition coefficient (Wildman–Crippen LogP) is 1.83. The molecule has 2 aliphatic heterocycles. The topological polar surface area (TPSA) is 39.5 Å². The number of hydrogen-bond donors (Lipinski definition) is 0. The van der Waals surface area contributed by atoms with Crippen molar-refractivity contribution >= 4 is 15.9 Å². The van der Waals surface area contributed by atoms with Gasteiger partial charge in [0.15, 0.2) is 5.79 Å². The molecule has 1 aromatic rings. The molecule has 0 aromatic carbocycles. The Hall–Kier alpha value is -0.430. The SMILES string of the molecule is Cc1nn(C)c(CN2CCC3(CC2)OCCO3)c1Br. The lowest BCUT2D eigenvalue weighted by Gasteiger charge is -2.37. The third kappa shape index (κ3) is 2.59. The molecule has 0 aliphatic carbocycles. The zero-order chi connectivity index (χ0) is 13.5. The van der Waals surface area contributed by atoms with Crippen LogP contribution in [0.25, 0.3) is 0 Å². The van der Waals surface area contributed by atoms with Crippen molar-refractivity contribution in [1.29, 1.82) is 0 Å². The number of aromatic nitrogens is 2. The maximum absolute atomic E-state index is 5.76. The van der Waals surface area contributed by atoms with Crippen molar-refractivity contribution in [1.82, 2.24) is 14.7 Å². The van der Waals surface area contributed by atoms with Crippen LogP contribution in [0.2, 0.25) is 0 Å². The fourth-order valence-corrected chi connectivity index (χ4v) is 3.36. The average Bonchev–Trinajstić information content (AvgIpc) is 2.94. The molecule has 2 saturated heterocycles. The summed E-state index contributed by atoms with van der Waals surface area (Å²) in [5.74, 6) is -0.282.